The summed E-state index contributed by atoms with van der Waals surface area (Å²) >= 11 is 0. The van der Waals surface area contributed by atoms with Gasteiger partial charge in [0.2, 0.25) is 5.91 Å². The maximum atomic E-state index is 13.7. The van der Waals surface area contributed by atoms with Crippen LogP contribution in [0.4, 0.5) is 4.39 Å². The predicted octanol–water partition coefficient (Wildman–Crippen LogP) is 2.83. The zero-order valence-corrected chi connectivity index (χ0v) is 12.2. The van der Waals surface area contributed by atoms with Gasteiger partial charge in [0.15, 0.2) is 11.6 Å². The molecule has 20 heavy (non-hydrogen) atoms. The second-order valence-corrected chi connectivity index (χ2v) is 4.36. The highest BCUT2D eigenvalue weighted by molar-refractivity contribution is 5.76. The van der Waals surface area contributed by atoms with Gasteiger partial charge < -0.3 is 14.8 Å². The summed E-state index contributed by atoms with van der Waals surface area (Å²) in [5.74, 6) is -0.300. The molecule has 0 saturated heterocycles. The van der Waals surface area contributed by atoms with Crippen LogP contribution in [0.1, 0.15) is 38.8 Å². The first-order chi connectivity index (χ1) is 9.58. The van der Waals surface area contributed by atoms with Gasteiger partial charge in [-0.05, 0) is 38.5 Å². The second-order valence-electron chi connectivity index (χ2n) is 4.36. The van der Waals surface area contributed by atoms with Gasteiger partial charge in [-0.1, -0.05) is 6.07 Å². The van der Waals surface area contributed by atoms with Gasteiger partial charge in [0.05, 0.1) is 19.3 Å². The summed E-state index contributed by atoms with van der Waals surface area (Å²) in [5.41, 5.74) is 0.704. The first kappa shape index (κ1) is 16.4. The van der Waals surface area contributed by atoms with E-state index in [0.29, 0.717) is 31.8 Å². The number of ether oxygens (including phenoxy) is 2. The van der Waals surface area contributed by atoms with Crippen molar-refractivity contribution in [3.63, 3.8) is 0 Å². The Morgan fingerprint density at radius 1 is 1.35 bits per heavy atom. The lowest BCUT2D eigenvalue weighted by Gasteiger charge is -2.15. The minimum atomic E-state index is -0.417. The number of hydrogen-bond donors (Lipinski definition) is 1. The van der Waals surface area contributed by atoms with E-state index in [2.05, 4.69) is 5.32 Å². The summed E-state index contributed by atoms with van der Waals surface area (Å²) in [6.07, 6.45) is 0.303. The highest BCUT2D eigenvalue weighted by Crippen LogP contribution is 2.22. The molecular weight excluding hydrogens is 261 g/mol. The predicted molar refractivity (Wildman–Crippen MR) is 75.2 cm³/mol. The van der Waals surface area contributed by atoms with Crippen molar-refractivity contribution in [2.45, 2.75) is 33.2 Å². The molecule has 4 nitrogen and oxygen atoms in total. The molecule has 0 saturated carbocycles. The number of hydrogen-bond acceptors (Lipinski definition) is 3. The number of carbonyl (C=O) groups excluding carboxylic acids is 1. The molecule has 0 aromatic heterocycles. The monoisotopic (exact) mass is 283 g/mol. The molecule has 1 aromatic carbocycles. The highest BCUT2D eigenvalue weighted by atomic mass is 19.1. The third-order valence-electron chi connectivity index (χ3n) is 2.81. The van der Waals surface area contributed by atoms with E-state index in [1.54, 1.807) is 19.1 Å². The highest BCUT2D eigenvalue weighted by Gasteiger charge is 2.12. The first-order valence-corrected chi connectivity index (χ1v) is 6.87. The van der Waals surface area contributed by atoms with Crippen LogP contribution in [0.2, 0.25) is 0 Å². The van der Waals surface area contributed by atoms with E-state index in [9.17, 15) is 9.18 Å². The molecule has 0 radical (unpaired) electrons. The molecule has 0 fully saturated rings. The SMILES string of the molecule is CCOCCC(=O)N[C@H](C)c1ccc(OCC)c(F)c1. The number of carbonyl (C=O) groups is 1. The van der Waals surface area contributed by atoms with Gasteiger partial charge >= 0.3 is 0 Å². The van der Waals surface area contributed by atoms with Crippen molar-refractivity contribution in [1.29, 1.82) is 0 Å². The van der Waals surface area contributed by atoms with Crippen molar-refractivity contribution >= 4 is 5.91 Å². The Balaban J connectivity index is 2.56. The van der Waals surface area contributed by atoms with Crippen LogP contribution in [-0.4, -0.2) is 25.7 Å². The van der Waals surface area contributed by atoms with E-state index < -0.39 is 5.82 Å². The molecule has 5 heteroatoms. The third kappa shape index (κ3) is 5.17. The summed E-state index contributed by atoms with van der Waals surface area (Å²) in [4.78, 5) is 11.6. The molecule has 112 valence electrons. The van der Waals surface area contributed by atoms with Crippen molar-refractivity contribution in [2.75, 3.05) is 19.8 Å². The van der Waals surface area contributed by atoms with Crippen LogP contribution < -0.4 is 10.1 Å². The smallest absolute Gasteiger partial charge is 0.222 e. The van der Waals surface area contributed by atoms with Gasteiger partial charge in [-0.2, -0.15) is 0 Å². The van der Waals surface area contributed by atoms with Crippen LogP contribution in [-0.2, 0) is 9.53 Å². The van der Waals surface area contributed by atoms with E-state index in [1.807, 2.05) is 13.8 Å². The van der Waals surface area contributed by atoms with E-state index in [-0.39, 0.29) is 17.7 Å². The van der Waals surface area contributed by atoms with Gasteiger partial charge in [-0.3, -0.25) is 4.79 Å². The van der Waals surface area contributed by atoms with E-state index >= 15 is 0 Å². The fourth-order valence-electron chi connectivity index (χ4n) is 1.77. The number of benzene rings is 1. The van der Waals surface area contributed by atoms with Crippen LogP contribution in [0.25, 0.3) is 0 Å². The van der Waals surface area contributed by atoms with Gasteiger partial charge in [0.1, 0.15) is 0 Å². The maximum absolute atomic E-state index is 13.7. The molecule has 0 bridgehead atoms. The Labute approximate surface area is 119 Å². The Bertz CT molecular complexity index is 437. The van der Waals surface area contributed by atoms with Crippen LogP contribution in [0.5, 0.6) is 5.75 Å². The van der Waals surface area contributed by atoms with Gasteiger partial charge in [0.25, 0.3) is 0 Å². The number of rotatable bonds is 8. The second kappa shape index (κ2) is 8.53. The average Bonchev–Trinajstić information content (AvgIpc) is 2.41. The number of amides is 1. The largest absolute Gasteiger partial charge is 0.491 e. The van der Waals surface area contributed by atoms with Crippen molar-refractivity contribution in [1.82, 2.24) is 5.32 Å². The molecule has 0 unspecified atom stereocenters. The zero-order chi connectivity index (χ0) is 15.0. The van der Waals surface area contributed by atoms with Gasteiger partial charge in [-0.15, -0.1) is 0 Å². The minimum Gasteiger partial charge on any atom is -0.491 e. The lowest BCUT2D eigenvalue weighted by molar-refractivity contribution is -0.122. The average molecular weight is 283 g/mol. The standard InChI is InChI=1S/C15H22FNO3/c1-4-19-9-8-15(18)17-11(3)12-6-7-14(20-5-2)13(16)10-12/h6-7,10-11H,4-5,8-9H2,1-3H3,(H,17,18)/t11-/m1/s1. The summed E-state index contributed by atoms with van der Waals surface area (Å²) in [5, 5.41) is 2.81. The fraction of sp³-hybridized carbons (Fsp3) is 0.533. The number of nitrogens with one attached hydrogen (secondary N) is 1. The van der Waals surface area contributed by atoms with Crippen LogP contribution in [0.3, 0.4) is 0 Å². The zero-order valence-electron chi connectivity index (χ0n) is 12.2. The molecule has 0 aliphatic carbocycles. The minimum absolute atomic E-state index is 0.111. The molecule has 0 aliphatic rings. The Kier molecular flexibility index (Phi) is 7.01. The first-order valence-electron chi connectivity index (χ1n) is 6.87. The molecule has 0 spiro atoms. The molecule has 0 heterocycles. The lowest BCUT2D eigenvalue weighted by atomic mass is 10.1. The van der Waals surface area contributed by atoms with Crippen LogP contribution in [0.15, 0.2) is 18.2 Å². The van der Waals surface area contributed by atoms with E-state index in [1.165, 1.54) is 6.07 Å². The molecule has 0 aliphatic heterocycles. The maximum Gasteiger partial charge on any atom is 0.222 e. The summed E-state index contributed by atoms with van der Waals surface area (Å²) in [6, 6.07) is 4.46. The fourth-order valence-corrected chi connectivity index (χ4v) is 1.77. The molecule has 1 atom stereocenters. The summed E-state index contributed by atoms with van der Waals surface area (Å²) in [7, 11) is 0. The summed E-state index contributed by atoms with van der Waals surface area (Å²) < 4.78 is 24.0. The Morgan fingerprint density at radius 2 is 2.10 bits per heavy atom. The van der Waals surface area contributed by atoms with E-state index in [4.69, 9.17) is 9.47 Å². The van der Waals surface area contributed by atoms with E-state index in [0.717, 1.165) is 0 Å². The van der Waals surface area contributed by atoms with Gasteiger partial charge in [-0.25, -0.2) is 4.39 Å². The summed E-state index contributed by atoms with van der Waals surface area (Å²) in [6.45, 7) is 6.89. The van der Waals surface area contributed by atoms with Crippen molar-refractivity contribution in [2.24, 2.45) is 0 Å². The van der Waals surface area contributed by atoms with Crippen LogP contribution >= 0.6 is 0 Å². The molecular formula is C15H22FNO3. The topological polar surface area (TPSA) is 47.6 Å². The Morgan fingerprint density at radius 3 is 2.70 bits per heavy atom. The number of halogens is 1. The molecule has 1 rings (SSSR count). The molecule has 1 N–H and O–H groups in total. The molecule has 1 aromatic rings. The Hall–Kier alpha value is -1.62. The van der Waals surface area contributed by atoms with Crippen LogP contribution in [0, 0.1) is 5.82 Å². The van der Waals surface area contributed by atoms with Gasteiger partial charge in [0, 0.05) is 13.0 Å². The lowest BCUT2D eigenvalue weighted by Crippen LogP contribution is -2.27. The third-order valence-corrected chi connectivity index (χ3v) is 2.81. The quantitative estimate of drug-likeness (QED) is 0.746. The van der Waals surface area contributed by atoms with Crippen molar-refractivity contribution in [3.05, 3.63) is 29.6 Å². The van der Waals surface area contributed by atoms with Crippen molar-refractivity contribution in [3.8, 4) is 5.75 Å². The normalized spacial score (nSPS) is 12.0. The molecule has 1 amide bonds. The van der Waals surface area contributed by atoms with Crippen molar-refractivity contribution < 1.29 is 18.7 Å².